The molecular formula is C14H16O5S. The molecule has 0 amide bonds. The van der Waals surface area contributed by atoms with E-state index in [1.807, 2.05) is 0 Å². The second-order valence-corrected chi connectivity index (χ2v) is 4.77. The Labute approximate surface area is 121 Å². The molecule has 0 saturated carbocycles. The third kappa shape index (κ3) is 5.44. The minimum absolute atomic E-state index is 0.0568. The summed E-state index contributed by atoms with van der Waals surface area (Å²) in [5, 5.41) is 0.0568. The summed E-state index contributed by atoms with van der Waals surface area (Å²) in [4.78, 5) is 33.9. The molecule has 20 heavy (non-hydrogen) atoms. The van der Waals surface area contributed by atoms with Crippen LogP contribution in [-0.4, -0.2) is 29.9 Å². The Kier molecular flexibility index (Phi) is 6.79. The van der Waals surface area contributed by atoms with Gasteiger partial charge < -0.3 is 9.47 Å². The molecule has 0 aromatic heterocycles. The van der Waals surface area contributed by atoms with Crippen molar-refractivity contribution in [3.8, 4) is 5.75 Å². The van der Waals surface area contributed by atoms with E-state index in [1.165, 1.54) is 19.1 Å². The van der Waals surface area contributed by atoms with Crippen LogP contribution in [0.5, 0.6) is 5.75 Å². The highest BCUT2D eigenvalue weighted by atomic mass is 32.2. The predicted molar refractivity (Wildman–Crippen MR) is 75.8 cm³/mol. The molecule has 0 radical (unpaired) electrons. The average molecular weight is 296 g/mol. The summed E-state index contributed by atoms with van der Waals surface area (Å²) >= 11 is 1.15. The Morgan fingerprint density at radius 1 is 1.20 bits per heavy atom. The van der Waals surface area contributed by atoms with Crippen molar-refractivity contribution in [1.82, 2.24) is 0 Å². The standard InChI is InChI=1S/C14H16O5S/c1-10(15)19-12-7-4-3-6-11(12)14(17)18-9-5-8-13(16)20-2/h3-4,6-7H,5,8-9H2,1-2H3. The molecule has 0 bridgehead atoms. The molecule has 0 N–H and O–H groups in total. The number of benzene rings is 1. The quantitative estimate of drug-likeness (QED) is 0.456. The van der Waals surface area contributed by atoms with Crippen LogP contribution in [-0.2, 0) is 14.3 Å². The minimum Gasteiger partial charge on any atom is -0.462 e. The Morgan fingerprint density at radius 3 is 2.55 bits per heavy atom. The van der Waals surface area contributed by atoms with Crippen LogP contribution >= 0.6 is 11.8 Å². The molecule has 0 aliphatic rings. The highest BCUT2D eigenvalue weighted by Gasteiger charge is 2.14. The van der Waals surface area contributed by atoms with E-state index in [0.717, 1.165) is 11.8 Å². The molecule has 0 aliphatic heterocycles. The van der Waals surface area contributed by atoms with Gasteiger partial charge >= 0.3 is 11.9 Å². The van der Waals surface area contributed by atoms with Crippen LogP contribution in [0, 0.1) is 0 Å². The fourth-order valence-corrected chi connectivity index (χ4v) is 1.79. The van der Waals surface area contributed by atoms with Gasteiger partial charge in [-0.15, -0.1) is 0 Å². The van der Waals surface area contributed by atoms with Gasteiger partial charge in [-0.05, 0) is 24.8 Å². The van der Waals surface area contributed by atoms with E-state index in [1.54, 1.807) is 18.4 Å². The van der Waals surface area contributed by atoms with E-state index in [4.69, 9.17) is 9.47 Å². The van der Waals surface area contributed by atoms with Gasteiger partial charge in [0.2, 0.25) is 0 Å². The predicted octanol–water partition coefficient (Wildman–Crippen LogP) is 2.44. The van der Waals surface area contributed by atoms with Crippen molar-refractivity contribution < 1.29 is 23.9 Å². The molecule has 6 heteroatoms. The number of carbonyl (C=O) groups excluding carboxylic acids is 3. The van der Waals surface area contributed by atoms with Gasteiger partial charge in [0.15, 0.2) is 5.12 Å². The molecule has 1 aromatic rings. The Hall–Kier alpha value is -1.82. The maximum Gasteiger partial charge on any atom is 0.341 e. The number of hydrogen-bond donors (Lipinski definition) is 0. The summed E-state index contributed by atoms with van der Waals surface area (Å²) in [5.41, 5.74) is 0.193. The lowest BCUT2D eigenvalue weighted by Gasteiger charge is -2.08. The van der Waals surface area contributed by atoms with Crippen molar-refractivity contribution in [3.63, 3.8) is 0 Å². The Bertz CT molecular complexity index is 498. The highest BCUT2D eigenvalue weighted by Crippen LogP contribution is 2.19. The van der Waals surface area contributed by atoms with Crippen LogP contribution in [0.3, 0.4) is 0 Å². The number of thioether (sulfide) groups is 1. The van der Waals surface area contributed by atoms with E-state index < -0.39 is 11.9 Å². The van der Waals surface area contributed by atoms with Crippen molar-refractivity contribution in [2.75, 3.05) is 12.9 Å². The molecule has 0 atom stereocenters. The van der Waals surface area contributed by atoms with Gasteiger partial charge in [0.05, 0.1) is 6.61 Å². The average Bonchev–Trinajstić information content (AvgIpc) is 2.43. The zero-order chi connectivity index (χ0) is 15.0. The molecule has 108 valence electrons. The lowest BCUT2D eigenvalue weighted by Crippen LogP contribution is -2.11. The summed E-state index contributed by atoms with van der Waals surface area (Å²) in [6, 6.07) is 6.36. The summed E-state index contributed by atoms with van der Waals surface area (Å²) in [6.07, 6.45) is 2.55. The van der Waals surface area contributed by atoms with E-state index in [-0.39, 0.29) is 23.0 Å². The first kappa shape index (κ1) is 16.2. The zero-order valence-electron chi connectivity index (χ0n) is 11.4. The first-order valence-electron chi connectivity index (χ1n) is 6.06. The van der Waals surface area contributed by atoms with Crippen LogP contribution in [0.1, 0.15) is 30.1 Å². The number of esters is 2. The van der Waals surface area contributed by atoms with Crippen molar-refractivity contribution >= 4 is 28.8 Å². The molecule has 0 fully saturated rings. The van der Waals surface area contributed by atoms with Crippen molar-refractivity contribution in [1.29, 1.82) is 0 Å². The second kappa shape index (κ2) is 8.37. The molecule has 5 nitrogen and oxygen atoms in total. The molecular weight excluding hydrogens is 280 g/mol. The first-order chi connectivity index (χ1) is 9.54. The van der Waals surface area contributed by atoms with Gasteiger partial charge in [-0.1, -0.05) is 23.9 Å². The van der Waals surface area contributed by atoms with Crippen LogP contribution in [0.4, 0.5) is 0 Å². The second-order valence-electron chi connectivity index (χ2n) is 3.91. The summed E-state index contributed by atoms with van der Waals surface area (Å²) in [5.74, 6) is -0.903. The number of para-hydroxylation sites is 1. The van der Waals surface area contributed by atoms with E-state index >= 15 is 0 Å². The van der Waals surface area contributed by atoms with Crippen molar-refractivity contribution in [3.05, 3.63) is 29.8 Å². The lowest BCUT2D eigenvalue weighted by atomic mass is 10.2. The Balaban J connectivity index is 2.55. The topological polar surface area (TPSA) is 69.7 Å². The maximum atomic E-state index is 11.9. The zero-order valence-corrected chi connectivity index (χ0v) is 12.2. The van der Waals surface area contributed by atoms with Gasteiger partial charge in [-0.2, -0.15) is 0 Å². The molecule has 1 aromatic carbocycles. The number of carbonyl (C=O) groups is 3. The normalized spacial score (nSPS) is 9.90. The van der Waals surface area contributed by atoms with E-state index in [0.29, 0.717) is 12.8 Å². The third-order valence-corrected chi connectivity index (χ3v) is 3.01. The smallest absolute Gasteiger partial charge is 0.341 e. The van der Waals surface area contributed by atoms with Crippen LogP contribution in [0.15, 0.2) is 24.3 Å². The maximum absolute atomic E-state index is 11.9. The monoisotopic (exact) mass is 296 g/mol. The van der Waals surface area contributed by atoms with Gasteiger partial charge in [0.1, 0.15) is 11.3 Å². The number of rotatable bonds is 6. The van der Waals surface area contributed by atoms with Crippen molar-refractivity contribution in [2.24, 2.45) is 0 Å². The lowest BCUT2D eigenvalue weighted by molar-refractivity contribution is -0.131. The van der Waals surface area contributed by atoms with E-state index in [2.05, 4.69) is 0 Å². The van der Waals surface area contributed by atoms with E-state index in [9.17, 15) is 14.4 Å². The largest absolute Gasteiger partial charge is 0.462 e. The van der Waals surface area contributed by atoms with Crippen LogP contribution < -0.4 is 4.74 Å². The van der Waals surface area contributed by atoms with Gasteiger partial charge in [-0.3, -0.25) is 9.59 Å². The summed E-state index contributed by atoms with van der Waals surface area (Å²) in [6.45, 7) is 1.41. The molecule has 0 unspecified atom stereocenters. The van der Waals surface area contributed by atoms with Gasteiger partial charge in [-0.25, -0.2) is 4.79 Å². The van der Waals surface area contributed by atoms with Gasteiger partial charge in [0.25, 0.3) is 0 Å². The molecule has 0 spiro atoms. The molecule has 1 rings (SSSR count). The molecule has 0 saturated heterocycles. The van der Waals surface area contributed by atoms with Crippen LogP contribution in [0.25, 0.3) is 0 Å². The summed E-state index contributed by atoms with van der Waals surface area (Å²) < 4.78 is 9.98. The molecule has 0 aliphatic carbocycles. The number of hydrogen-bond acceptors (Lipinski definition) is 6. The first-order valence-corrected chi connectivity index (χ1v) is 7.28. The van der Waals surface area contributed by atoms with Crippen molar-refractivity contribution in [2.45, 2.75) is 19.8 Å². The van der Waals surface area contributed by atoms with Gasteiger partial charge in [0, 0.05) is 13.3 Å². The fraction of sp³-hybridized carbons (Fsp3) is 0.357. The number of ether oxygens (including phenoxy) is 2. The fourth-order valence-electron chi connectivity index (χ4n) is 1.44. The van der Waals surface area contributed by atoms with Crippen LogP contribution in [0.2, 0.25) is 0 Å². The summed E-state index contributed by atoms with van der Waals surface area (Å²) in [7, 11) is 0. The highest BCUT2D eigenvalue weighted by molar-refractivity contribution is 8.13. The Morgan fingerprint density at radius 2 is 1.90 bits per heavy atom. The SMILES string of the molecule is CSC(=O)CCCOC(=O)c1ccccc1OC(C)=O. The third-order valence-electron chi connectivity index (χ3n) is 2.35. The minimum atomic E-state index is -0.571. The molecule has 0 heterocycles.